The van der Waals surface area contributed by atoms with Gasteiger partial charge in [-0.15, -0.1) is 11.3 Å². The topological polar surface area (TPSA) is 110 Å². The summed E-state index contributed by atoms with van der Waals surface area (Å²) in [5, 5.41) is 10.9. The molecule has 0 bridgehead atoms. The SMILES string of the molecule is COC1=c2c(c(=O)[nH]c(=O)n2C2CC2)=CC(F)C1c1cc2c(s1)CCCC2C(O)CN. The third-order valence-electron chi connectivity index (χ3n) is 6.66. The number of aliphatic hydroxyl groups is 1. The quantitative estimate of drug-likeness (QED) is 0.613. The summed E-state index contributed by atoms with van der Waals surface area (Å²) in [7, 11) is 1.46. The molecular formula is C22H26FN3O4S. The third kappa shape index (κ3) is 3.30. The first kappa shape index (κ1) is 20.7. The molecule has 7 nitrogen and oxygen atoms in total. The standard InChI is InChI=1S/C22H26FN3O4S/c1-30-20-18(17-8-12-11(15(27)9-24)3-2-4-16(12)31-17)14(23)7-13-19(20)26(10-5-6-10)22(29)25-21(13)28/h7-8,10-11,14-15,18,27H,2-6,9,24H2,1H3,(H,25,28,29). The number of aromatic nitrogens is 2. The number of alkyl halides is 1. The van der Waals surface area contributed by atoms with Crippen molar-refractivity contribution in [2.45, 2.75) is 62.3 Å². The summed E-state index contributed by atoms with van der Waals surface area (Å²) in [6.07, 6.45) is 3.56. The largest absolute Gasteiger partial charge is 0.498 e. The number of H-pyrrole nitrogens is 1. The number of rotatable bonds is 5. The molecule has 0 amide bonds. The van der Waals surface area contributed by atoms with Gasteiger partial charge < -0.3 is 15.6 Å². The van der Waals surface area contributed by atoms with Gasteiger partial charge >= 0.3 is 5.69 Å². The number of aromatic amines is 1. The van der Waals surface area contributed by atoms with Crippen molar-refractivity contribution >= 4 is 23.2 Å². The fraction of sp³-hybridized carbons (Fsp3) is 0.545. The zero-order valence-corrected chi connectivity index (χ0v) is 18.1. The number of aliphatic hydroxyl groups excluding tert-OH is 1. The molecule has 0 radical (unpaired) electrons. The molecule has 1 fully saturated rings. The summed E-state index contributed by atoms with van der Waals surface area (Å²) in [5.74, 6) is -0.486. The van der Waals surface area contributed by atoms with Crippen molar-refractivity contribution in [3.8, 4) is 0 Å². The van der Waals surface area contributed by atoms with E-state index in [0.717, 1.165) is 47.4 Å². The lowest BCUT2D eigenvalue weighted by Gasteiger charge is -2.26. The Bertz CT molecular complexity index is 1260. The molecule has 3 aliphatic rings. The number of thiophene rings is 1. The van der Waals surface area contributed by atoms with E-state index < -0.39 is 29.4 Å². The fourth-order valence-corrected chi connectivity index (χ4v) is 6.45. The van der Waals surface area contributed by atoms with Crippen molar-refractivity contribution in [1.82, 2.24) is 9.55 Å². The van der Waals surface area contributed by atoms with Gasteiger partial charge in [0.2, 0.25) is 0 Å². The van der Waals surface area contributed by atoms with Crippen LogP contribution in [0, 0.1) is 0 Å². The van der Waals surface area contributed by atoms with E-state index in [4.69, 9.17) is 10.5 Å². The number of ether oxygens (including phenoxy) is 1. The van der Waals surface area contributed by atoms with Gasteiger partial charge in [0.1, 0.15) is 11.9 Å². The average Bonchev–Trinajstić information content (AvgIpc) is 3.49. The number of nitrogens with two attached hydrogens (primary N) is 1. The van der Waals surface area contributed by atoms with E-state index in [9.17, 15) is 14.7 Å². The first-order valence-electron chi connectivity index (χ1n) is 10.7. The van der Waals surface area contributed by atoms with Gasteiger partial charge in [0.05, 0.1) is 29.7 Å². The summed E-state index contributed by atoms with van der Waals surface area (Å²) in [6, 6.07) is 1.96. The van der Waals surface area contributed by atoms with E-state index in [1.807, 2.05) is 6.07 Å². The highest BCUT2D eigenvalue weighted by Crippen LogP contribution is 2.44. The molecule has 4 N–H and O–H groups in total. The van der Waals surface area contributed by atoms with Gasteiger partial charge in [-0.3, -0.25) is 14.3 Å². The van der Waals surface area contributed by atoms with Gasteiger partial charge in [-0.05, 0) is 49.8 Å². The molecule has 5 rings (SSSR count). The van der Waals surface area contributed by atoms with Crippen LogP contribution in [0.25, 0.3) is 11.8 Å². The molecule has 0 spiro atoms. The lowest BCUT2D eigenvalue weighted by atomic mass is 9.83. The second-order valence-electron chi connectivity index (χ2n) is 8.61. The number of halogens is 1. The van der Waals surface area contributed by atoms with Crippen molar-refractivity contribution in [3.05, 3.63) is 52.8 Å². The van der Waals surface area contributed by atoms with Crippen molar-refractivity contribution in [3.63, 3.8) is 0 Å². The lowest BCUT2D eigenvalue weighted by Crippen LogP contribution is -2.57. The van der Waals surface area contributed by atoms with Crippen LogP contribution in [-0.2, 0) is 11.2 Å². The predicted molar refractivity (Wildman–Crippen MR) is 116 cm³/mol. The molecule has 0 saturated heterocycles. The maximum Gasteiger partial charge on any atom is 0.329 e. The monoisotopic (exact) mass is 447 g/mol. The van der Waals surface area contributed by atoms with Gasteiger partial charge in [-0.2, -0.15) is 0 Å². The second-order valence-corrected chi connectivity index (χ2v) is 9.78. The fourth-order valence-electron chi connectivity index (χ4n) is 5.04. The van der Waals surface area contributed by atoms with E-state index in [-0.39, 0.29) is 23.7 Å². The minimum absolute atomic E-state index is 0.00548. The maximum absolute atomic E-state index is 15.5. The predicted octanol–water partition coefficient (Wildman–Crippen LogP) is 0.343. The molecule has 4 atom stereocenters. The first-order chi connectivity index (χ1) is 14.9. The van der Waals surface area contributed by atoms with Crippen molar-refractivity contribution in [2.24, 2.45) is 5.73 Å². The van der Waals surface area contributed by atoms with Crippen LogP contribution < -0.4 is 27.6 Å². The normalized spacial score (nSPS) is 26.1. The van der Waals surface area contributed by atoms with Crippen molar-refractivity contribution in [1.29, 1.82) is 0 Å². The van der Waals surface area contributed by atoms with Crippen molar-refractivity contribution in [2.75, 3.05) is 13.7 Å². The van der Waals surface area contributed by atoms with Crippen LogP contribution in [0.15, 0.2) is 15.7 Å². The summed E-state index contributed by atoms with van der Waals surface area (Å²) in [5.41, 5.74) is 5.66. The molecule has 0 aliphatic heterocycles. The van der Waals surface area contributed by atoms with E-state index in [1.54, 1.807) is 4.57 Å². The Morgan fingerprint density at radius 1 is 1.39 bits per heavy atom. The Morgan fingerprint density at radius 3 is 2.84 bits per heavy atom. The molecule has 9 heteroatoms. The number of hydrogen-bond donors (Lipinski definition) is 3. The number of methoxy groups -OCH3 is 1. The average molecular weight is 448 g/mol. The van der Waals surface area contributed by atoms with Crippen LogP contribution >= 0.6 is 11.3 Å². The first-order valence-corrected chi connectivity index (χ1v) is 11.6. The Morgan fingerprint density at radius 2 is 2.16 bits per heavy atom. The van der Waals surface area contributed by atoms with Gasteiger partial charge in [-0.25, -0.2) is 9.18 Å². The van der Waals surface area contributed by atoms with Crippen LogP contribution in [0.1, 0.15) is 58.9 Å². The molecule has 2 heterocycles. The van der Waals surface area contributed by atoms with Gasteiger partial charge in [0.15, 0.2) is 0 Å². The minimum Gasteiger partial charge on any atom is -0.498 e. The minimum atomic E-state index is -1.47. The molecule has 0 aromatic carbocycles. The third-order valence-corrected chi connectivity index (χ3v) is 7.96. The summed E-state index contributed by atoms with van der Waals surface area (Å²) >= 11 is 1.52. The maximum atomic E-state index is 15.5. The van der Waals surface area contributed by atoms with E-state index in [0.29, 0.717) is 11.1 Å². The van der Waals surface area contributed by atoms with Gasteiger partial charge in [0, 0.05) is 28.3 Å². The smallest absolute Gasteiger partial charge is 0.329 e. The number of aryl methyl sites for hydroxylation is 1. The number of fused-ring (bicyclic) bond motifs is 2. The molecular weight excluding hydrogens is 421 g/mol. The van der Waals surface area contributed by atoms with E-state index in [2.05, 4.69) is 4.98 Å². The van der Waals surface area contributed by atoms with Gasteiger partial charge in [-0.1, -0.05) is 0 Å². The zero-order chi connectivity index (χ0) is 21.9. The van der Waals surface area contributed by atoms with Crippen LogP contribution in [0.2, 0.25) is 0 Å². The van der Waals surface area contributed by atoms with E-state index >= 15 is 4.39 Å². The second kappa shape index (κ2) is 7.72. The molecule has 3 aliphatic carbocycles. The van der Waals surface area contributed by atoms with Gasteiger partial charge in [0.25, 0.3) is 5.56 Å². The highest BCUT2D eigenvalue weighted by atomic mass is 32.1. The van der Waals surface area contributed by atoms with Crippen LogP contribution in [-0.4, -0.2) is 40.6 Å². The molecule has 1 saturated carbocycles. The highest BCUT2D eigenvalue weighted by Gasteiger charge is 2.37. The summed E-state index contributed by atoms with van der Waals surface area (Å²) < 4.78 is 22.8. The molecule has 4 unspecified atom stereocenters. The highest BCUT2D eigenvalue weighted by molar-refractivity contribution is 7.12. The van der Waals surface area contributed by atoms with Crippen LogP contribution in [0.5, 0.6) is 0 Å². The zero-order valence-electron chi connectivity index (χ0n) is 17.3. The Kier molecular flexibility index (Phi) is 5.15. The van der Waals surface area contributed by atoms with Crippen LogP contribution in [0.3, 0.4) is 0 Å². The number of nitrogens with zero attached hydrogens (tertiary/aromatic N) is 1. The molecule has 166 valence electrons. The number of nitrogens with one attached hydrogen (secondary N) is 1. The Labute approximate surface area is 181 Å². The summed E-state index contributed by atoms with van der Waals surface area (Å²) in [4.78, 5) is 29.3. The number of hydrogen-bond acceptors (Lipinski definition) is 6. The Balaban J connectivity index is 1.72. The summed E-state index contributed by atoms with van der Waals surface area (Å²) in [6.45, 7) is 0.178. The molecule has 31 heavy (non-hydrogen) atoms. The van der Waals surface area contributed by atoms with Crippen molar-refractivity contribution < 1.29 is 14.2 Å². The van der Waals surface area contributed by atoms with E-state index in [1.165, 1.54) is 24.5 Å². The lowest BCUT2D eigenvalue weighted by molar-refractivity contribution is 0.142. The molecule has 2 aromatic rings. The molecule has 2 aromatic heterocycles. The Hall–Kier alpha value is -2.23. The van der Waals surface area contributed by atoms with Crippen LogP contribution in [0.4, 0.5) is 4.39 Å².